The monoisotopic (exact) mass is 367 g/mol. The minimum Gasteiger partial charge on any atom is -0.494 e. The third-order valence-electron chi connectivity index (χ3n) is 3.87. The lowest BCUT2D eigenvalue weighted by molar-refractivity contribution is 0.0518. The predicted octanol–water partition coefficient (Wildman–Crippen LogP) is 3.21. The van der Waals surface area contributed by atoms with Crippen molar-refractivity contribution in [1.82, 2.24) is 19.5 Å². The minimum absolute atomic E-state index is 0.242. The summed E-state index contributed by atoms with van der Waals surface area (Å²) in [5.74, 6) is 0.496. The molecule has 0 saturated heterocycles. The Hall–Kier alpha value is -3.42. The molecule has 0 aliphatic heterocycles. The maximum absolute atomic E-state index is 12.0. The Morgan fingerprint density at radius 3 is 2.74 bits per heavy atom. The predicted molar refractivity (Wildman–Crippen MR) is 101 cm³/mol. The Bertz CT molecular complexity index is 968. The molecule has 0 fully saturated rings. The SMILES string of the molecule is CCOC(=O)c1nc(Nc2ccc(-n3cnc(C)c3)c(OC)c2)ncc1C. The van der Waals surface area contributed by atoms with Crippen LogP contribution in [0.4, 0.5) is 11.6 Å². The number of methoxy groups -OCH3 is 1. The van der Waals surface area contributed by atoms with E-state index in [1.54, 1.807) is 33.5 Å². The molecule has 0 radical (unpaired) electrons. The smallest absolute Gasteiger partial charge is 0.357 e. The van der Waals surface area contributed by atoms with Crippen molar-refractivity contribution in [3.63, 3.8) is 0 Å². The van der Waals surface area contributed by atoms with Crippen LogP contribution in [0.5, 0.6) is 5.75 Å². The van der Waals surface area contributed by atoms with E-state index in [0.717, 1.165) is 17.1 Å². The van der Waals surface area contributed by atoms with Gasteiger partial charge in [-0.2, -0.15) is 0 Å². The Morgan fingerprint density at radius 1 is 1.26 bits per heavy atom. The molecule has 140 valence electrons. The van der Waals surface area contributed by atoms with E-state index in [9.17, 15) is 4.79 Å². The number of carbonyl (C=O) groups is 1. The van der Waals surface area contributed by atoms with E-state index in [-0.39, 0.29) is 12.3 Å². The molecule has 0 aliphatic carbocycles. The maximum Gasteiger partial charge on any atom is 0.357 e. The number of carbonyl (C=O) groups excluding carboxylic acids is 1. The topological polar surface area (TPSA) is 91.2 Å². The normalized spacial score (nSPS) is 10.5. The number of hydrogen-bond donors (Lipinski definition) is 1. The Kier molecular flexibility index (Phi) is 5.35. The largest absolute Gasteiger partial charge is 0.494 e. The third kappa shape index (κ3) is 4.05. The van der Waals surface area contributed by atoms with Crippen LogP contribution in [0, 0.1) is 13.8 Å². The number of esters is 1. The minimum atomic E-state index is -0.469. The van der Waals surface area contributed by atoms with Crippen LogP contribution in [0.3, 0.4) is 0 Å². The van der Waals surface area contributed by atoms with Gasteiger partial charge in [0.15, 0.2) is 5.69 Å². The summed E-state index contributed by atoms with van der Waals surface area (Å²) in [6.07, 6.45) is 5.23. The second-order valence-corrected chi connectivity index (χ2v) is 5.88. The molecule has 0 atom stereocenters. The molecule has 0 saturated carbocycles. The highest BCUT2D eigenvalue weighted by Crippen LogP contribution is 2.28. The molecule has 8 nitrogen and oxygen atoms in total. The van der Waals surface area contributed by atoms with Crippen LogP contribution in [0.2, 0.25) is 0 Å². The molecule has 27 heavy (non-hydrogen) atoms. The lowest BCUT2D eigenvalue weighted by atomic mass is 10.2. The van der Waals surface area contributed by atoms with E-state index in [1.165, 1.54) is 0 Å². The first-order valence-corrected chi connectivity index (χ1v) is 8.48. The van der Waals surface area contributed by atoms with Crippen LogP contribution in [0.15, 0.2) is 36.9 Å². The first-order valence-electron chi connectivity index (χ1n) is 8.48. The number of ether oxygens (including phenoxy) is 2. The Morgan fingerprint density at radius 2 is 2.07 bits per heavy atom. The van der Waals surface area contributed by atoms with Crippen molar-refractivity contribution >= 4 is 17.6 Å². The molecule has 0 spiro atoms. The average Bonchev–Trinajstić information content (AvgIpc) is 3.09. The lowest BCUT2D eigenvalue weighted by Gasteiger charge is -2.12. The van der Waals surface area contributed by atoms with Gasteiger partial charge in [0.25, 0.3) is 0 Å². The average molecular weight is 367 g/mol. The van der Waals surface area contributed by atoms with Crippen molar-refractivity contribution in [2.24, 2.45) is 0 Å². The number of nitrogens with zero attached hydrogens (tertiary/aromatic N) is 4. The zero-order chi connectivity index (χ0) is 19.4. The zero-order valence-corrected chi connectivity index (χ0v) is 15.7. The van der Waals surface area contributed by atoms with Gasteiger partial charge in [0.2, 0.25) is 5.95 Å². The summed E-state index contributed by atoms with van der Waals surface area (Å²) < 4.78 is 12.4. The summed E-state index contributed by atoms with van der Waals surface area (Å²) in [5.41, 5.74) is 3.40. The van der Waals surface area contributed by atoms with Crippen LogP contribution in [-0.2, 0) is 4.74 Å². The van der Waals surface area contributed by atoms with Gasteiger partial charge < -0.3 is 19.4 Å². The maximum atomic E-state index is 12.0. The summed E-state index contributed by atoms with van der Waals surface area (Å²) in [5, 5.41) is 3.09. The molecule has 3 rings (SSSR count). The number of nitrogens with one attached hydrogen (secondary N) is 1. The molecule has 0 unspecified atom stereocenters. The molecule has 2 aromatic heterocycles. The second-order valence-electron chi connectivity index (χ2n) is 5.88. The molecule has 1 aromatic carbocycles. The molecule has 1 N–H and O–H groups in total. The van der Waals surface area contributed by atoms with Gasteiger partial charge in [-0.15, -0.1) is 0 Å². The van der Waals surface area contributed by atoms with E-state index in [0.29, 0.717) is 17.3 Å². The second kappa shape index (κ2) is 7.86. The fourth-order valence-electron chi connectivity index (χ4n) is 2.56. The number of anilines is 2. The summed E-state index contributed by atoms with van der Waals surface area (Å²) >= 11 is 0. The van der Waals surface area contributed by atoms with Gasteiger partial charge in [-0.05, 0) is 32.9 Å². The van der Waals surface area contributed by atoms with Gasteiger partial charge in [-0.25, -0.2) is 19.7 Å². The number of imidazole rings is 1. The van der Waals surface area contributed by atoms with Crippen molar-refractivity contribution in [2.75, 3.05) is 19.0 Å². The molecule has 0 bridgehead atoms. The molecule has 2 heterocycles. The summed E-state index contributed by atoms with van der Waals surface area (Å²) in [7, 11) is 1.60. The quantitative estimate of drug-likeness (QED) is 0.669. The van der Waals surface area contributed by atoms with Gasteiger partial charge in [0, 0.05) is 29.7 Å². The van der Waals surface area contributed by atoms with Crippen molar-refractivity contribution in [2.45, 2.75) is 20.8 Å². The van der Waals surface area contributed by atoms with Gasteiger partial charge in [-0.3, -0.25) is 0 Å². The van der Waals surface area contributed by atoms with E-state index in [2.05, 4.69) is 20.3 Å². The highest BCUT2D eigenvalue weighted by atomic mass is 16.5. The Labute approximate surface area is 157 Å². The fraction of sp³-hybridized carbons (Fsp3) is 0.263. The van der Waals surface area contributed by atoms with Gasteiger partial charge in [-0.1, -0.05) is 0 Å². The van der Waals surface area contributed by atoms with Crippen LogP contribution in [0.25, 0.3) is 5.69 Å². The number of benzene rings is 1. The summed E-state index contributed by atoms with van der Waals surface area (Å²) in [4.78, 5) is 24.7. The molecular formula is C19H21N5O3. The number of aryl methyl sites for hydroxylation is 2. The van der Waals surface area contributed by atoms with Gasteiger partial charge >= 0.3 is 5.97 Å². The molecule has 0 aliphatic rings. The Balaban J connectivity index is 1.88. The molecular weight excluding hydrogens is 346 g/mol. The number of hydrogen-bond acceptors (Lipinski definition) is 7. The van der Waals surface area contributed by atoms with Crippen molar-refractivity contribution < 1.29 is 14.3 Å². The van der Waals surface area contributed by atoms with Gasteiger partial charge in [0.05, 0.1) is 31.4 Å². The number of aromatic nitrogens is 4. The third-order valence-corrected chi connectivity index (χ3v) is 3.87. The van der Waals surface area contributed by atoms with Crippen molar-refractivity contribution in [3.8, 4) is 11.4 Å². The van der Waals surface area contributed by atoms with E-state index >= 15 is 0 Å². The van der Waals surface area contributed by atoms with Crippen LogP contribution >= 0.6 is 0 Å². The molecule has 8 heteroatoms. The standard InChI is InChI=1S/C19H21N5O3/c1-5-27-18(25)17-12(2)9-20-19(23-17)22-14-6-7-15(16(8-14)26-4)24-10-13(3)21-11-24/h6-11H,5H2,1-4H3,(H,20,22,23). The van der Waals surface area contributed by atoms with E-state index in [1.807, 2.05) is 35.9 Å². The van der Waals surface area contributed by atoms with Crippen molar-refractivity contribution in [3.05, 3.63) is 53.9 Å². The van der Waals surface area contributed by atoms with Crippen LogP contribution < -0.4 is 10.1 Å². The van der Waals surface area contributed by atoms with Crippen LogP contribution in [0.1, 0.15) is 28.7 Å². The van der Waals surface area contributed by atoms with Crippen LogP contribution in [-0.4, -0.2) is 39.2 Å². The zero-order valence-electron chi connectivity index (χ0n) is 15.7. The highest BCUT2D eigenvalue weighted by Gasteiger charge is 2.14. The van der Waals surface area contributed by atoms with Gasteiger partial charge in [0.1, 0.15) is 5.75 Å². The molecule has 3 aromatic rings. The van der Waals surface area contributed by atoms with Crippen molar-refractivity contribution in [1.29, 1.82) is 0 Å². The van der Waals surface area contributed by atoms with E-state index in [4.69, 9.17) is 9.47 Å². The lowest BCUT2D eigenvalue weighted by Crippen LogP contribution is -2.11. The first-order chi connectivity index (χ1) is 13.0. The summed E-state index contributed by atoms with van der Waals surface area (Å²) in [6, 6.07) is 5.61. The number of rotatable bonds is 6. The fourth-order valence-corrected chi connectivity index (χ4v) is 2.56. The first kappa shape index (κ1) is 18.4. The highest BCUT2D eigenvalue weighted by molar-refractivity contribution is 5.89. The van der Waals surface area contributed by atoms with E-state index < -0.39 is 5.97 Å². The summed E-state index contributed by atoms with van der Waals surface area (Å²) in [6.45, 7) is 5.73. The molecule has 0 amide bonds.